The highest BCUT2D eigenvalue weighted by atomic mass is 32.2. The molecule has 166 valence electrons. The largest absolute Gasteiger partial charge is 0.355 e. The first-order valence-electron chi connectivity index (χ1n) is 10.6. The molecule has 0 aliphatic carbocycles. The lowest BCUT2D eigenvalue weighted by Gasteiger charge is -2.34. The van der Waals surface area contributed by atoms with Crippen molar-refractivity contribution in [2.45, 2.75) is 31.6 Å². The van der Waals surface area contributed by atoms with Crippen molar-refractivity contribution in [3.63, 3.8) is 0 Å². The Balaban J connectivity index is 1.41. The van der Waals surface area contributed by atoms with Gasteiger partial charge in [0.05, 0.1) is 4.90 Å². The number of nitrogens with zero attached hydrogens (tertiary/aromatic N) is 5. The number of rotatable bonds is 5. The van der Waals surface area contributed by atoms with E-state index in [1.165, 1.54) is 24.1 Å². The van der Waals surface area contributed by atoms with Crippen molar-refractivity contribution in [2.75, 3.05) is 54.4 Å². The SMILES string of the molecule is CC(=O)Nc1ccc(S(=O)(=O)N2CCN(c3ccc(N4CCCC4)nn3)CC2)c(C)c1. The van der Waals surface area contributed by atoms with Crippen LogP contribution < -0.4 is 15.1 Å². The summed E-state index contributed by atoms with van der Waals surface area (Å²) in [7, 11) is -3.61. The molecule has 2 aliphatic rings. The first-order chi connectivity index (χ1) is 14.8. The van der Waals surface area contributed by atoms with Gasteiger partial charge >= 0.3 is 0 Å². The molecule has 0 unspecified atom stereocenters. The summed E-state index contributed by atoms with van der Waals surface area (Å²) in [5.41, 5.74) is 1.20. The summed E-state index contributed by atoms with van der Waals surface area (Å²) in [6, 6.07) is 8.83. The van der Waals surface area contributed by atoms with Crippen molar-refractivity contribution >= 4 is 33.3 Å². The van der Waals surface area contributed by atoms with E-state index in [1.807, 2.05) is 12.1 Å². The molecule has 2 aliphatic heterocycles. The van der Waals surface area contributed by atoms with Crippen LogP contribution in [0.5, 0.6) is 0 Å². The molecule has 0 bridgehead atoms. The van der Waals surface area contributed by atoms with E-state index in [2.05, 4.69) is 25.3 Å². The first-order valence-corrected chi connectivity index (χ1v) is 12.0. The van der Waals surface area contributed by atoms with Gasteiger partial charge < -0.3 is 15.1 Å². The fraction of sp³-hybridized carbons (Fsp3) is 0.476. The molecular formula is C21H28N6O3S. The number of aromatic nitrogens is 2. The molecule has 1 aromatic carbocycles. The number of benzene rings is 1. The fourth-order valence-electron chi connectivity index (χ4n) is 4.12. The molecular weight excluding hydrogens is 416 g/mol. The zero-order chi connectivity index (χ0) is 22.0. The predicted octanol–water partition coefficient (Wildman–Crippen LogP) is 1.85. The number of aryl methyl sites for hydroxylation is 1. The number of hydrogen-bond acceptors (Lipinski definition) is 7. The molecule has 0 radical (unpaired) electrons. The van der Waals surface area contributed by atoms with E-state index in [1.54, 1.807) is 25.1 Å². The Labute approximate surface area is 183 Å². The Kier molecular flexibility index (Phi) is 6.10. The molecule has 1 aromatic heterocycles. The normalized spacial score (nSPS) is 17.7. The zero-order valence-electron chi connectivity index (χ0n) is 17.9. The average molecular weight is 445 g/mol. The number of anilines is 3. The van der Waals surface area contributed by atoms with Crippen LogP contribution in [0.1, 0.15) is 25.3 Å². The standard InChI is InChI=1S/C21H28N6O3S/c1-16-15-18(22-17(2)28)5-6-19(16)31(29,30)27-13-11-26(12-14-27)21-8-7-20(23-24-21)25-9-3-4-10-25/h5-8,15H,3-4,9-14H2,1-2H3,(H,22,28). The van der Waals surface area contributed by atoms with Gasteiger partial charge in [0, 0.05) is 51.9 Å². The molecule has 0 atom stereocenters. The van der Waals surface area contributed by atoms with Crippen LogP contribution in [0.4, 0.5) is 17.3 Å². The second-order valence-electron chi connectivity index (χ2n) is 8.00. The van der Waals surface area contributed by atoms with Gasteiger partial charge in [-0.05, 0) is 55.7 Å². The first kappa shape index (κ1) is 21.5. The van der Waals surface area contributed by atoms with Gasteiger partial charge in [0.2, 0.25) is 15.9 Å². The molecule has 1 N–H and O–H groups in total. The van der Waals surface area contributed by atoms with E-state index in [4.69, 9.17) is 0 Å². The maximum absolute atomic E-state index is 13.2. The molecule has 9 nitrogen and oxygen atoms in total. The van der Waals surface area contributed by atoms with Crippen molar-refractivity contribution in [3.05, 3.63) is 35.9 Å². The lowest BCUT2D eigenvalue weighted by molar-refractivity contribution is -0.114. The smallest absolute Gasteiger partial charge is 0.243 e. The molecule has 2 fully saturated rings. The van der Waals surface area contributed by atoms with Gasteiger partial charge in [0.15, 0.2) is 11.6 Å². The van der Waals surface area contributed by atoms with Gasteiger partial charge in [0.25, 0.3) is 0 Å². The second-order valence-corrected chi connectivity index (χ2v) is 9.90. The predicted molar refractivity (Wildman–Crippen MR) is 120 cm³/mol. The molecule has 4 rings (SSSR count). The van der Waals surface area contributed by atoms with Gasteiger partial charge in [-0.1, -0.05) is 0 Å². The summed E-state index contributed by atoms with van der Waals surface area (Å²) in [5, 5.41) is 11.4. The minimum atomic E-state index is -3.61. The summed E-state index contributed by atoms with van der Waals surface area (Å²) in [6.45, 7) is 7.08. The van der Waals surface area contributed by atoms with E-state index < -0.39 is 10.0 Å². The lowest BCUT2D eigenvalue weighted by Crippen LogP contribution is -2.49. The van der Waals surface area contributed by atoms with Crippen LogP contribution in [-0.4, -0.2) is 68.1 Å². The van der Waals surface area contributed by atoms with Crippen molar-refractivity contribution in [1.82, 2.24) is 14.5 Å². The van der Waals surface area contributed by atoms with Crippen LogP contribution in [0.3, 0.4) is 0 Å². The number of piperazine rings is 1. The molecule has 10 heteroatoms. The molecule has 31 heavy (non-hydrogen) atoms. The minimum absolute atomic E-state index is 0.192. The maximum Gasteiger partial charge on any atom is 0.243 e. The summed E-state index contributed by atoms with van der Waals surface area (Å²) in [4.78, 5) is 15.8. The minimum Gasteiger partial charge on any atom is -0.355 e. The van der Waals surface area contributed by atoms with Crippen LogP contribution in [0, 0.1) is 6.92 Å². The van der Waals surface area contributed by atoms with E-state index in [0.717, 1.165) is 24.7 Å². The molecule has 3 heterocycles. The number of carbonyl (C=O) groups excluding carboxylic acids is 1. The maximum atomic E-state index is 13.2. The Morgan fingerprint density at radius 1 is 0.903 bits per heavy atom. The van der Waals surface area contributed by atoms with E-state index >= 15 is 0 Å². The molecule has 0 spiro atoms. The van der Waals surface area contributed by atoms with Crippen molar-refractivity contribution in [2.24, 2.45) is 0 Å². The number of amides is 1. The highest BCUT2D eigenvalue weighted by molar-refractivity contribution is 7.89. The highest BCUT2D eigenvalue weighted by Gasteiger charge is 2.30. The lowest BCUT2D eigenvalue weighted by atomic mass is 10.2. The summed E-state index contributed by atoms with van der Waals surface area (Å²) in [6.07, 6.45) is 2.38. The fourth-order valence-corrected chi connectivity index (χ4v) is 5.75. The number of nitrogens with one attached hydrogen (secondary N) is 1. The number of hydrogen-bond donors (Lipinski definition) is 1. The van der Waals surface area contributed by atoms with Crippen LogP contribution in [0.15, 0.2) is 35.2 Å². The Morgan fingerprint density at radius 3 is 2.00 bits per heavy atom. The van der Waals surface area contributed by atoms with Gasteiger partial charge in [0.1, 0.15) is 0 Å². The van der Waals surface area contributed by atoms with Gasteiger partial charge in [-0.25, -0.2) is 8.42 Å². The van der Waals surface area contributed by atoms with Crippen molar-refractivity contribution < 1.29 is 13.2 Å². The summed E-state index contributed by atoms with van der Waals surface area (Å²) in [5.74, 6) is 1.49. The third-order valence-electron chi connectivity index (χ3n) is 5.74. The second kappa shape index (κ2) is 8.80. The van der Waals surface area contributed by atoms with Crippen molar-refractivity contribution in [1.29, 1.82) is 0 Å². The Morgan fingerprint density at radius 2 is 1.48 bits per heavy atom. The monoisotopic (exact) mass is 444 g/mol. The van der Waals surface area contributed by atoms with Crippen molar-refractivity contribution in [3.8, 4) is 0 Å². The van der Waals surface area contributed by atoms with Crippen LogP contribution >= 0.6 is 0 Å². The van der Waals surface area contributed by atoms with Crippen LogP contribution in [0.2, 0.25) is 0 Å². The highest BCUT2D eigenvalue weighted by Crippen LogP contribution is 2.25. The quantitative estimate of drug-likeness (QED) is 0.751. The van der Waals surface area contributed by atoms with E-state index in [-0.39, 0.29) is 10.8 Å². The van der Waals surface area contributed by atoms with Gasteiger partial charge in [-0.2, -0.15) is 4.31 Å². The number of carbonyl (C=O) groups is 1. The van der Waals surface area contributed by atoms with E-state index in [0.29, 0.717) is 37.4 Å². The third kappa shape index (κ3) is 4.64. The topological polar surface area (TPSA) is 98.7 Å². The molecule has 1 amide bonds. The average Bonchev–Trinajstić information content (AvgIpc) is 3.28. The summed E-state index contributed by atoms with van der Waals surface area (Å²) < 4.78 is 27.8. The van der Waals surface area contributed by atoms with Gasteiger partial charge in [-0.15, -0.1) is 10.2 Å². The van der Waals surface area contributed by atoms with Crippen LogP contribution in [-0.2, 0) is 14.8 Å². The summed E-state index contributed by atoms with van der Waals surface area (Å²) >= 11 is 0. The van der Waals surface area contributed by atoms with E-state index in [9.17, 15) is 13.2 Å². The molecule has 2 aromatic rings. The van der Waals surface area contributed by atoms with Gasteiger partial charge in [-0.3, -0.25) is 4.79 Å². The molecule has 2 saturated heterocycles. The Hall–Kier alpha value is -2.72. The third-order valence-corrected chi connectivity index (χ3v) is 7.80. The zero-order valence-corrected chi connectivity index (χ0v) is 18.7. The molecule has 0 saturated carbocycles. The van der Waals surface area contributed by atoms with Crippen LogP contribution in [0.25, 0.3) is 0 Å². The Bertz CT molecular complexity index is 1040. The number of sulfonamides is 1.